The van der Waals surface area contributed by atoms with Gasteiger partial charge in [0.15, 0.2) is 0 Å². The molecule has 25 heavy (non-hydrogen) atoms. The largest absolute Gasteiger partial charge is 0.497 e. The number of rotatable bonds is 3. The zero-order chi connectivity index (χ0) is 17.4. The molecular formula is C18H17N5O2. The summed E-state index contributed by atoms with van der Waals surface area (Å²) < 4.78 is 6.90. The maximum absolute atomic E-state index is 12.7. The average Bonchev–Trinajstić information content (AvgIpc) is 3.19. The summed E-state index contributed by atoms with van der Waals surface area (Å²) in [5, 5.41) is 11.2. The molecule has 0 saturated heterocycles. The minimum atomic E-state index is -0.238. The van der Waals surface area contributed by atoms with Crippen molar-refractivity contribution >= 4 is 11.6 Å². The number of hydrogen-bond acceptors (Lipinski definition) is 5. The van der Waals surface area contributed by atoms with Crippen molar-refractivity contribution in [1.82, 2.24) is 19.9 Å². The monoisotopic (exact) mass is 335 g/mol. The number of hydrogen-bond donors (Lipinski definition) is 1. The van der Waals surface area contributed by atoms with Crippen molar-refractivity contribution in [1.29, 1.82) is 0 Å². The lowest BCUT2D eigenvalue weighted by atomic mass is 10.0. The highest BCUT2D eigenvalue weighted by Crippen LogP contribution is 2.34. The van der Waals surface area contributed by atoms with Crippen LogP contribution < -0.4 is 10.1 Å². The summed E-state index contributed by atoms with van der Waals surface area (Å²) in [6.45, 7) is 0. The highest BCUT2D eigenvalue weighted by Gasteiger charge is 2.30. The number of methoxy groups -OCH3 is 1. The molecule has 0 fully saturated rings. The minimum absolute atomic E-state index is 0.0435. The molecule has 3 aromatic rings. The number of anilines is 1. The average molecular weight is 335 g/mol. The number of ether oxygens (including phenoxy) is 1. The minimum Gasteiger partial charge on any atom is -0.497 e. The molecule has 1 unspecified atom stereocenters. The van der Waals surface area contributed by atoms with Crippen molar-refractivity contribution in [3.8, 4) is 11.4 Å². The molecule has 1 aliphatic heterocycles. The molecule has 0 radical (unpaired) electrons. The summed E-state index contributed by atoms with van der Waals surface area (Å²) in [6, 6.07) is 13.3. The lowest BCUT2D eigenvalue weighted by molar-refractivity contribution is 0.0735. The smallest absolute Gasteiger partial charge is 0.257 e. The normalized spacial score (nSPS) is 16.3. The molecule has 1 N–H and O–H groups in total. The van der Waals surface area contributed by atoms with Gasteiger partial charge in [0, 0.05) is 12.7 Å². The lowest BCUT2D eigenvalue weighted by Crippen LogP contribution is -2.40. The Kier molecular flexibility index (Phi) is 3.61. The Morgan fingerprint density at radius 1 is 1.16 bits per heavy atom. The van der Waals surface area contributed by atoms with Crippen molar-refractivity contribution < 1.29 is 9.53 Å². The Hall–Kier alpha value is -3.35. The van der Waals surface area contributed by atoms with E-state index >= 15 is 0 Å². The van der Waals surface area contributed by atoms with E-state index in [0.717, 1.165) is 16.9 Å². The maximum Gasteiger partial charge on any atom is 0.257 e. The molecule has 0 aliphatic carbocycles. The maximum atomic E-state index is 12.7. The summed E-state index contributed by atoms with van der Waals surface area (Å²) in [4.78, 5) is 14.4. The van der Waals surface area contributed by atoms with E-state index in [2.05, 4.69) is 15.6 Å². The second kappa shape index (κ2) is 5.94. The number of carbonyl (C=O) groups is 1. The first-order chi connectivity index (χ1) is 12.2. The molecule has 7 nitrogen and oxygen atoms in total. The number of nitrogens with one attached hydrogen (secondary N) is 1. The molecule has 0 bridgehead atoms. The third-order valence-electron chi connectivity index (χ3n) is 4.35. The fourth-order valence-corrected chi connectivity index (χ4v) is 2.97. The van der Waals surface area contributed by atoms with Gasteiger partial charge in [-0.15, -0.1) is 5.10 Å². The van der Waals surface area contributed by atoms with Gasteiger partial charge in [-0.05, 0) is 35.9 Å². The van der Waals surface area contributed by atoms with Gasteiger partial charge in [-0.2, -0.15) is 0 Å². The zero-order valence-electron chi connectivity index (χ0n) is 13.9. The third kappa shape index (κ3) is 2.59. The molecule has 126 valence electrons. The van der Waals surface area contributed by atoms with Crippen molar-refractivity contribution in [2.24, 2.45) is 0 Å². The number of carbonyl (C=O) groups excluding carboxylic acids is 1. The standard InChI is InChI=1S/C18H17N5O2/c1-22-17(12-3-5-13(6-4-12)23-10-9-19-21-23)20-16-8-7-14(25-2)11-15(16)18(22)24/h3-11,17,20H,1-2H3. The van der Waals surface area contributed by atoms with E-state index in [1.807, 2.05) is 36.4 Å². The Balaban J connectivity index is 1.65. The number of aromatic nitrogens is 3. The van der Waals surface area contributed by atoms with Gasteiger partial charge in [-0.1, -0.05) is 17.3 Å². The first kappa shape index (κ1) is 15.2. The summed E-state index contributed by atoms with van der Waals surface area (Å²) in [7, 11) is 3.37. The molecule has 1 aromatic heterocycles. The lowest BCUT2D eigenvalue weighted by Gasteiger charge is -2.35. The Morgan fingerprint density at radius 3 is 2.64 bits per heavy atom. The van der Waals surface area contributed by atoms with Crippen molar-refractivity contribution in [2.45, 2.75) is 6.17 Å². The van der Waals surface area contributed by atoms with Crippen LogP contribution in [0.3, 0.4) is 0 Å². The van der Waals surface area contributed by atoms with Crippen LogP contribution in [0.1, 0.15) is 22.1 Å². The van der Waals surface area contributed by atoms with Gasteiger partial charge in [-0.25, -0.2) is 4.68 Å². The molecule has 0 saturated carbocycles. The first-order valence-corrected chi connectivity index (χ1v) is 7.86. The fraction of sp³-hybridized carbons (Fsp3) is 0.167. The number of fused-ring (bicyclic) bond motifs is 1. The molecule has 2 heterocycles. The van der Waals surface area contributed by atoms with Crippen molar-refractivity contribution in [3.05, 3.63) is 66.0 Å². The molecule has 2 aromatic carbocycles. The molecule has 1 aliphatic rings. The van der Waals surface area contributed by atoms with Gasteiger partial charge in [-0.3, -0.25) is 4.79 Å². The predicted molar refractivity (Wildman–Crippen MR) is 92.8 cm³/mol. The second-order valence-corrected chi connectivity index (χ2v) is 5.81. The number of nitrogens with zero attached hydrogens (tertiary/aromatic N) is 4. The molecule has 4 rings (SSSR count). The van der Waals surface area contributed by atoms with E-state index < -0.39 is 0 Å². The van der Waals surface area contributed by atoms with Crippen LogP contribution in [0.4, 0.5) is 5.69 Å². The highest BCUT2D eigenvalue weighted by atomic mass is 16.5. The summed E-state index contributed by atoms with van der Waals surface area (Å²) in [5.74, 6) is 0.621. The third-order valence-corrected chi connectivity index (χ3v) is 4.35. The molecule has 0 spiro atoms. The van der Waals surface area contributed by atoms with Crippen LogP contribution in [0.15, 0.2) is 54.9 Å². The second-order valence-electron chi connectivity index (χ2n) is 5.81. The summed E-state index contributed by atoms with van der Waals surface area (Å²) in [6.07, 6.45) is 3.18. The SMILES string of the molecule is COc1ccc2c(c1)C(=O)N(C)C(c1ccc(-n3ccnn3)cc1)N2. The van der Waals surface area contributed by atoms with Gasteiger partial charge in [0.25, 0.3) is 5.91 Å². The van der Waals surface area contributed by atoms with Gasteiger partial charge >= 0.3 is 0 Å². The van der Waals surface area contributed by atoms with E-state index in [1.54, 1.807) is 42.2 Å². The van der Waals surface area contributed by atoms with Crippen LogP contribution in [0.2, 0.25) is 0 Å². The Bertz CT molecular complexity index is 906. The molecule has 1 atom stereocenters. The van der Waals surface area contributed by atoms with E-state index in [9.17, 15) is 4.79 Å². The quantitative estimate of drug-likeness (QED) is 0.796. The van der Waals surface area contributed by atoms with E-state index in [0.29, 0.717) is 11.3 Å². The van der Waals surface area contributed by atoms with Crippen LogP contribution in [0.5, 0.6) is 5.75 Å². The van der Waals surface area contributed by atoms with Crippen molar-refractivity contribution in [2.75, 3.05) is 19.5 Å². The predicted octanol–water partition coefficient (Wildman–Crippen LogP) is 2.47. The van der Waals surface area contributed by atoms with Gasteiger partial charge < -0.3 is 15.0 Å². The zero-order valence-corrected chi connectivity index (χ0v) is 13.9. The van der Waals surface area contributed by atoms with Crippen LogP contribution in [0.25, 0.3) is 5.69 Å². The van der Waals surface area contributed by atoms with Crippen LogP contribution in [-0.2, 0) is 0 Å². The summed E-state index contributed by atoms with van der Waals surface area (Å²) in [5.41, 5.74) is 3.31. The van der Waals surface area contributed by atoms with E-state index in [4.69, 9.17) is 4.74 Å². The first-order valence-electron chi connectivity index (χ1n) is 7.86. The number of amides is 1. The molecular weight excluding hydrogens is 318 g/mol. The number of benzene rings is 2. The topological polar surface area (TPSA) is 72.3 Å². The Morgan fingerprint density at radius 2 is 1.96 bits per heavy atom. The molecule has 1 amide bonds. The van der Waals surface area contributed by atoms with Crippen LogP contribution in [0, 0.1) is 0 Å². The van der Waals surface area contributed by atoms with Crippen LogP contribution in [-0.4, -0.2) is 40.0 Å². The van der Waals surface area contributed by atoms with E-state index in [-0.39, 0.29) is 12.1 Å². The van der Waals surface area contributed by atoms with Gasteiger partial charge in [0.2, 0.25) is 0 Å². The fourth-order valence-electron chi connectivity index (χ4n) is 2.97. The van der Waals surface area contributed by atoms with Crippen LogP contribution >= 0.6 is 0 Å². The van der Waals surface area contributed by atoms with Crippen molar-refractivity contribution in [3.63, 3.8) is 0 Å². The van der Waals surface area contributed by atoms with Gasteiger partial charge in [0.1, 0.15) is 11.9 Å². The van der Waals surface area contributed by atoms with Gasteiger partial charge in [0.05, 0.1) is 30.8 Å². The Labute approximate surface area is 144 Å². The summed E-state index contributed by atoms with van der Waals surface area (Å²) >= 11 is 0. The van der Waals surface area contributed by atoms with E-state index in [1.165, 1.54) is 0 Å². The molecule has 7 heteroatoms. The highest BCUT2D eigenvalue weighted by molar-refractivity contribution is 6.02.